The van der Waals surface area contributed by atoms with Crippen LogP contribution in [-0.2, 0) is 16.5 Å². The summed E-state index contributed by atoms with van der Waals surface area (Å²) in [6.07, 6.45) is 14.7. The van der Waals surface area contributed by atoms with Gasteiger partial charge in [0.1, 0.15) is 0 Å². The number of hydrogen-bond acceptors (Lipinski definition) is 4. The minimum Gasteiger partial charge on any atom is -0.415 e. The highest BCUT2D eigenvalue weighted by atomic mass is 28.5. The third-order valence-electron chi connectivity index (χ3n) is 6.88. The Hall–Kier alpha value is 0.188. The van der Waals surface area contributed by atoms with E-state index in [1.54, 1.807) is 0 Å². The Morgan fingerprint density at radius 1 is 0.750 bits per heavy atom. The monoisotopic (exact) mass is 392 g/mol. The summed E-state index contributed by atoms with van der Waals surface area (Å²) in [6, 6.07) is 0. The molecule has 4 aliphatic carbocycles. The summed E-state index contributed by atoms with van der Waals surface area (Å²) in [6.45, 7) is 4.57. The van der Waals surface area contributed by atoms with E-state index in [0.717, 1.165) is 11.8 Å². The summed E-state index contributed by atoms with van der Waals surface area (Å²) in [5, 5.41) is 0. The van der Waals surface area contributed by atoms with Gasteiger partial charge in [0.05, 0.1) is 0 Å². The highest BCUT2D eigenvalue weighted by Gasteiger charge is 2.59. The van der Waals surface area contributed by atoms with Gasteiger partial charge in [0.25, 0.3) is 0 Å². The van der Waals surface area contributed by atoms with Gasteiger partial charge in [-0.25, -0.2) is 0 Å². The van der Waals surface area contributed by atoms with Gasteiger partial charge in [-0.15, -0.1) is 0 Å². The van der Waals surface area contributed by atoms with Crippen LogP contribution in [0.3, 0.4) is 0 Å². The predicted molar refractivity (Wildman–Crippen MR) is 97.3 cm³/mol. The minimum atomic E-state index is -2.32. The van der Waals surface area contributed by atoms with E-state index in [4.69, 9.17) is 16.5 Å². The Morgan fingerprint density at radius 2 is 1.25 bits per heavy atom. The molecule has 1 heterocycles. The molecule has 8 heteroatoms. The molecule has 8 unspecified atom stereocenters. The number of rotatable bonds is 2. The van der Waals surface area contributed by atoms with Crippen LogP contribution >= 0.6 is 0 Å². The Labute approximate surface area is 151 Å². The lowest BCUT2D eigenvalue weighted by Gasteiger charge is -2.46. The molecule has 4 radical (unpaired) electrons. The molecule has 1 saturated heterocycles. The van der Waals surface area contributed by atoms with Gasteiger partial charge in [-0.05, 0) is 62.4 Å². The summed E-state index contributed by atoms with van der Waals surface area (Å²) in [4.78, 5) is 0. The molecular weight excluding hydrogens is 369 g/mol. The largest absolute Gasteiger partial charge is 0.415 e. The van der Waals surface area contributed by atoms with Gasteiger partial charge in [0.2, 0.25) is 0 Å². The van der Waals surface area contributed by atoms with Crippen LogP contribution in [0.2, 0.25) is 24.2 Å². The summed E-state index contributed by atoms with van der Waals surface area (Å²) in [5.74, 6) is 2.78. The third kappa shape index (κ3) is 2.58. The van der Waals surface area contributed by atoms with Gasteiger partial charge in [-0.1, -0.05) is 24.3 Å². The smallest absolute Gasteiger partial charge is 0.413 e. The fourth-order valence-electron chi connectivity index (χ4n) is 5.74. The fraction of sp³-hybridized carbons (Fsp3) is 0.750. The van der Waals surface area contributed by atoms with Crippen LogP contribution in [0.1, 0.15) is 25.7 Å². The molecule has 0 aromatic carbocycles. The molecular formula is C16H24O4Si4. The highest BCUT2D eigenvalue weighted by molar-refractivity contribution is 6.85. The maximum absolute atomic E-state index is 7.04. The first-order chi connectivity index (χ1) is 11.6. The second-order valence-corrected chi connectivity index (χ2v) is 17.5. The van der Waals surface area contributed by atoms with E-state index < -0.39 is 17.1 Å². The van der Waals surface area contributed by atoms with Crippen molar-refractivity contribution in [1.29, 1.82) is 0 Å². The molecule has 0 spiro atoms. The van der Waals surface area contributed by atoms with Crippen molar-refractivity contribution in [2.45, 2.75) is 49.9 Å². The second kappa shape index (κ2) is 5.85. The zero-order valence-corrected chi connectivity index (χ0v) is 18.2. The second-order valence-electron chi connectivity index (χ2n) is 8.38. The molecule has 0 aromatic rings. The molecule has 8 atom stereocenters. The van der Waals surface area contributed by atoms with Crippen molar-refractivity contribution in [3.63, 3.8) is 0 Å². The first-order valence-electron chi connectivity index (χ1n) is 9.14. The normalized spacial score (nSPS) is 55.9. The van der Waals surface area contributed by atoms with Crippen molar-refractivity contribution in [3.05, 3.63) is 24.3 Å². The van der Waals surface area contributed by atoms with Crippen molar-refractivity contribution < 1.29 is 16.5 Å². The Bertz CT molecular complexity index is 538. The van der Waals surface area contributed by atoms with Crippen LogP contribution in [-0.4, -0.2) is 37.1 Å². The van der Waals surface area contributed by atoms with E-state index >= 15 is 0 Å². The molecule has 0 amide bonds. The number of allylic oxidation sites excluding steroid dienone is 4. The van der Waals surface area contributed by atoms with Crippen molar-refractivity contribution in [3.8, 4) is 0 Å². The van der Waals surface area contributed by atoms with E-state index in [2.05, 4.69) is 37.4 Å². The van der Waals surface area contributed by atoms with Gasteiger partial charge in [-0.3, -0.25) is 0 Å². The number of fused-ring (bicyclic) bond motifs is 4. The lowest BCUT2D eigenvalue weighted by molar-refractivity contribution is 0.248. The van der Waals surface area contributed by atoms with E-state index in [1.165, 1.54) is 25.7 Å². The van der Waals surface area contributed by atoms with E-state index in [-0.39, 0.29) is 20.0 Å². The van der Waals surface area contributed by atoms with E-state index in [0.29, 0.717) is 22.9 Å². The zero-order valence-electron chi connectivity index (χ0n) is 14.2. The molecule has 4 bridgehead atoms. The van der Waals surface area contributed by atoms with Crippen molar-refractivity contribution in [1.82, 2.24) is 0 Å². The maximum atomic E-state index is 7.04. The zero-order chi connectivity index (χ0) is 16.4. The van der Waals surface area contributed by atoms with Crippen LogP contribution in [0, 0.1) is 23.7 Å². The standard InChI is InChI=1S/C16H24O4Si4/c1-23(15-9-11-3-5-13(15)7-11)18-21-17-22-19-24(2,20-23)16-10-12-4-6-14(16)8-12/h3-6,11-16H,7-10H2,1-2H3. The van der Waals surface area contributed by atoms with Crippen LogP contribution in [0.15, 0.2) is 24.3 Å². The van der Waals surface area contributed by atoms with Crippen molar-refractivity contribution >= 4 is 37.1 Å². The van der Waals surface area contributed by atoms with Gasteiger partial charge in [0.15, 0.2) is 0 Å². The molecule has 24 heavy (non-hydrogen) atoms. The molecule has 4 nitrogen and oxygen atoms in total. The SMILES string of the molecule is C[Si]1(C2CC3C=CC2C3)O[Si]O[Si]O[Si](C)(C2CC3C=CC2C3)O1. The quantitative estimate of drug-likeness (QED) is 0.534. The van der Waals surface area contributed by atoms with Crippen LogP contribution in [0.25, 0.3) is 0 Å². The molecule has 5 rings (SSSR count). The molecule has 0 N–H and O–H groups in total. The summed E-state index contributed by atoms with van der Waals surface area (Å²) >= 11 is 0. The van der Waals surface area contributed by atoms with E-state index in [1.807, 2.05) is 0 Å². The summed E-state index contributed by atoms with van der Waals surface area (Å²) in [7, 11) is -4.49. The summed E-state index contributed by atoms with van der Waals surface area (Å²) in [5.41, 5.74) is 1.13. The average molecular weight is 393 g/mol. The summed E-state index contributed by atoms with van der Waals surface area (Å²) < 4.78 is 25.5. The lowest BCUT2D eigenvalue weighted by Crippen LogP contribution is -2.60. The third-order valence-corrected chi connectivity index (χ3v) is 18.7. The Morgan fingerprint density at radius 3 is 1.62 bits per heavy atom. The lowest BCUT2D eigenvalue weighted by atomic mass is 10.1. The Balaban J connectivity index is 1.43. The fourth-order valence-corrected chi connectivity index (χ4v) is 18.5. The molecule has 3 fully saturated rings. The van der Waals surface area contributed by atoms with Gasteiger partial charge >= 0.3 is 37.1 Å². The van der Waals surface area contributed by atoms with Crippen LogP contribution in [0.5, 0.6) is 0 Å². The highest BCUT2D eigenvalue weighted by Crippen LogP contribution is 2.56. The van der Waals surface area contributed by atoms with Gasteiger partial charge in [0, 0.05) is 11.1 Å². The molecule has 1 aliphatic heterocycles. The molecule has 0 aromatic heterocycles. The number of hydrogen-bond donors (Lipinski definition) is 0. The van der Waals surface area contributed by atoms with Gasteiger partial charge in [-0.2, -0.15) is 0 Å². The molecule has 128 valence electrons. The van der Waals surface area contributed by atoms with Crippen molar-refractivity contribution in [2.75, 3.05) is 0 Å². The van der Waals surface area contributed by atoms with Crippen molar-refractivity contribution in [2.24, 2.45) is 23.7 Å². The topological polar surface area (TPSA) is 36.9 Å². The average Bonchev–Trinajstić information content (AvgIpc) is 3.32. The van der Waals surface area contributed by atoms with Crippen LogP contribution in [0.4, 0.5) is 0 Å². The first-order valence-corrected chi connectivity index (χ1v) is 15.6. The predicted octanol–water partition coefficient (Wildman–Crippen LogP) is 3.21. The Kier molecular flexibility index (Phi) is 3.99. The van der Waals surface area contributed by atoms with E-state index in [9.17, 15) is 0 Å². The maximum Gasteiger partial charge on any atom is 0.413 e. The molecule has 5 aliphatic rings. The molecule has 2 saturated carbocycles. The minimum absolute atomic E-state index is 0.0719. The van der Waals surface area contributed by atoms with Crippen LogP contribution < -0.4 is 0 Å². The first kappa shape index (κ1) is 16.4. The van der Waals surface area contributed by atoms with Gasteiger partial charge < -0.3 is 16.5 Å².